The van der Waals surface area contributed by atoms with Crippen molar-refractivity contribution in [1.82, 2.24) is 10.2 Å². The zero-order valence-corrected chi connectivity index (χ0v) is 19.2. The Morgan fingerprint density at radius 2 is 1.94 bits per heavy atom. The number of aryl methyl sites for hydroxylation is 1. The third-order valence-electron chi connectivity index (χ3n) is 7.68. The molecule has 1 heterocycles. The molecule has 0 unspecified atom stereocenters. The van der Waals surface area contributed by atoms with E-state index in [-0.39, 0.29) is 0 Å². The summed E-state index contributed by atoms with van der Waals surface area (Å²) < 4.78 is 0. The highest BCUT2D eigenvalue weighted by molar-refractivity contribution is 5.89. The summed E-state index contributed by atoms with van der Waals surface area (Å²) in [5.74, 6) is -0.129. The lowest BCUT2D eigenvalue weighted by molar-refractivity contribution is -0.0834. The molecule has 2 aromatic carbocycles. The van der Waals surface area contributed by atoms with E-state index < -0.39 is 5.97 Å². The Hall–Kier alpha value is -2.43. The second-order valence-electron chi connectivity index (χ2n) is 10.3. The standard InChI is InChI=1S/C28H34N2O2/c1-3-22(12-20-7-5-4-6-8-20)25-13-26(25)29-23-14-28(15-23)17-30(18-28)16-21-9-10-24(27(31)32)19(2)11-21/h4-12,23,25-26,29H,3,13-18H2,1-2H3,(H,31,32)/b22-12+/t25-,26+/m0/s1. The van der Waals surface area contributed by atoms with Crippen LogP contribution in [0.2, 0.25) is 0 Å². The van der Waals surface area contributed by atoms with E-state index >= 15 is 0 Å². The zero-order chi connectivity index (χ0) is 22.3. The van der Waals surface area contributed by atoms with Crippen LogP contribution in [-0.4, -0.2) is 41.1 Å². The topological polar surface area (TPSA) is 52.6 Å². The normalized spacial score (nSPS) is 24.8. The smallest absolute Gasteiger partial charge is 0.335 e. The molecule has 168 valence electrons. The van der Waals surface area contributed by atoms with Crippen LogP contribution < -0.4 is 5.32 Å². The Kier molecular flexibility index (Phi) is 5.68. The van der Waals surface area contributed by atoms with Gasteiger partial charge in [-0.3, -0.25) is 4.90 Å². The van der Waals surface area contributed by atoms with Crippen LogP contribution in [-0.2, 0) is 6.54 Å². The van der Waals surface area contributed by atoms with E-state index in [4.69, 9.17) is 0 Å². The van der Waals surface area contributed by atoms with Gasteiger partial charge in [0, 0.05) is 31.7 Å². The molecule has 3 fully saturated rings. The third kappa shape index (κ3) is 4.39. The maximum absolute atomic E-state index is 11.2. The fourth-order valence-corrected chi connectivity index (χ4v) is 6.02. The summed E-state index contributed by atoms with van der Waals surface area (Å²) in [6.45, 7) is 7.44. The Morgan fingerprint density at radius 3 is 2.59 bits per heavy atom. The largest absolute Gasteiger partial charge is 0.478 e. The average Bonchev–Trinajstić information content (AvgIpc) is 3.48. The quantitative estimate of drug-likeness (QED) is 0.610. The first-order valence-electron chi connectivity index (χ1n) is 12.0. The van der Waals surface area contributed by atoms with E-state index in [0.717, 1.165) is 18.5 Å². The van der Waals surface area contributed by atoms with Crippen LogP contribution in [0.1, 0.15) is 59.7 Å². The van der Waals surface area contributed by atoms with Crippen molar-refractivity contribution in [3.8, 4) is 0 Å². The number of nitrogens with zero attached hydrogens (tertiary/aromatic N) is 1. The van der Waals surface area contributed by atoms with Gasteiger partial charge in [0.05, 0.1) is 5.56 Å². The van der Waals surface area contributed by atoms with Crippen molar-refractivity contribution in [3.05, 3.63) is 76.4 Å². The highest BCUT2D eigenvalue weighted by Gasteiger charge is 2.53. The Morgan fingerprint density at radius 1 is 1.19 bits per heavy atom. The summed E-state index contributed by atoms with van der Waals surface area (Å²) in [6, 6.07) is 17.8. The molecule has 3 aliphatic rings. The molecule has 0 radical (unpaired) electrons. The molecular weight excluding hydrogens is 396 g/mol. The monoisotopic (exact) mass is 430 g/mol. The fourth-order valence-electron chi connectivity index (χ4n) is 6.02. The summed E-state index contributed by atoms with van der Waals surface area (Å²) >= 11 is 0. The van der Waals surface area contributed by atoms with Gasteiger partial charge < -0.3 is 10.4 Å². The molecule has 5 rings (SSSR count). The summed E-state index contributed by atoms with van der Waals surface area (Å²) in [4.78, 5) is 13.7. The first-order valence-corrected chi connectivity index (χ1v) is 12.0. The first-order chi connectivity index (χ1) is 15.4. The van der Waals surface area contributed by atoms with Gasteiger partial charge >= 0.3 is 5.97 Å². The number of carboxylic acid groups (broad SMARTS) is 1. The molecule has 1 saturated heterocycles. The second-order valence-corrected chi connectivity index (χ2v) is 10.3. The minimum atomic E-state index is -0.843. The van der Waals surface area contributed by atoms with Crippen LogP contribution in [0, 0.1) is 18.3 Å². The third-order valence-corrected chi connectivity index (χ3v) is 7.68. The second kappa shape index (κ2) is 8.49. The van der Waals surface area contributed by atoms with E-state index in [9.17, 15) is 9.90 Å². The number of hydrogen-bond acceptors (Lipinski definition) is 3. The fraction of sp³-hybridized carbons (Fsp3) is 0.464. The number of benzene rings is 2. The SMILES string of the molecule is CC/C(=C\c1ccccc1)[C@@H]1C[C@H]1NC1CC2(C1)CN(Cc1ccc(C(=O)O)c(C)c1)C2. The molecule has 4 nitrogen and oxygen atoms in total. The van der Waals surface area contributed by atoms with Crippen LogP contribution in [0.3, 0.4) is 0 Å². The molecule has 2 aromatic rings. The van der Waals surface area contributed by atoms with E-state index in [2.05, 4.69) is 53.5 Å². The number of hydrogen-bond donors (Lipinski definition) is 2. The van der Waals surface area contributed by atoms with Crippen LogP contribution in [0.25, 0.3) is 6.08 Å². The van der Waals surface area contributed by atoms with Gasteiger partial charge in [0.15, 0.2) is 0 Å². The molecule has 4 heteroatoms. The minimum Gasteiger partial charge on any atom is -0.478 e. The van der Waals surface area contributed by atoms with E-state index in [0.29, 0.717) is 29.0 Å². The molecule has 2 aliphatic carbocycles. The molecule has 0 amide bonds. The van der Waals surface area contributed by atoms with Crippen molar-refractivity contribution in [2.75, 3.05) is 13.1 Å². The number of rotatable bonds is 8. The highest BCUT2D eigenvalue weighted by atomic mass is 16.4. The summed E-state index contributed by atoms with van der Waals surface area (Å²) in [5, 5.41) is 13.1. The highest BCUT2D eigenvalue weighted by Crippen LogP contribution is 2.50. The average molecular weight is 431 g/mol. The van der Waals surface area contributed by atoms with Crippen molar-refractivity contribution in [2.45, 2.75) is 58.2 Å². The molecule has 1 spiro atoms. The predicted molar refractivity (Wildman–Crippen MR) is 129 cm³/mol. The Bertz CT molecular complexity index is 1010. The van der Waals surface area contributed by atoms with E-state index in [1.165, 1.54) is 43.5 Å². The molecule has 32 heavy (non-hydrogen) atoms. The van der Waals surface area contributed by atoms with Crippen molar-refractivity contribution >= 4 is 12.0 Å². The Balaban J connectivity index is 1.06. The van der Waals surface area contributed by atoms with Gasteiger partial charge in [-0.2, -0.15) is 0 Å². The van der Waals surface area contributed by atoms with Crippen molar-refractivity contribution in [1.29, 1.82) is 0 Å². The van der Waals surface area contributed by atoms with Gasteiger partial charge in [-0.1, -0.05) is 61.0 Å². The van der Waals surface area contributed by atoms with Crippen molar-refractivity contribution in [3.63, 3.8) is 0 Å². The first kappa shape index (κ1) is 21.4. The number of aromatic carboxylic acids is 1. The minimum absolute atomic E-state index is 0.407. The van der Waals surface area contributed by atoms with Gasteiger partial charge in [-0.15, -0.1) is 0 Å². The molecule has 1 aliphatic heterocycles. The molecular formula is C28H34N2O2. The molecule has 0 aromatic heterocycles. The van der Waals surface area contributed by atoms with Crippen molar-refractivity contribution in [2.24, 2.45) is 11.3 Å². The maximum atomic E-state index is 11.2. The predicted octanol–water partition coefficient (Wildman–Crippen LogP) is 5.13. The molecule has 2 N–H and O–H groups in total. The maximum Gasteiger partial charge on any atom is 0.335 e. The van der Waals surface area contributed by atoms with Crippen LogP contribution in [0.15, 0.2) is 54.1 Å². The molecule has 0 bridgehead atoms. The van der Waals surface area contributed by atoms with Gasteiger partial charge in [0.25, 0.3) is 0 Å². The summed E-state index contributed by atoms with van der Waals surface area (Å²) in [6.07, 6.45) is 7.41. The molecule has 2 saturated carbocycles. The van der Waals surface area contributed by atoms with Crippen LogP contribution >= 0.6 is 0 Å². The number of nitrogens with one attached hydrogen (secondary N) is 1. The van der Waals surface area contributed by atoms with E-state index in [1.807, 2.05) is 19.1 Å². The number of carbonyl (C=O) groups is 1. The van der Waals surface area contributed by atoms with Gasteiger partial charge in [-0.25, -0.2) is 4.79 Å². The molecule has 2 atom stereocenters. The number of likely N-dealkylation sites (tertiary alicyclic amines) is 1. The lowest BCUT2D eigenvalue weighted by Crippen LogP contribution is -2.65. The van der Waals surface area contributed by atoms with Gasteiger partial charge in [0.1, 0.15) is 0 Å². The van der Waals surface area contributed by atoms with Gasteiger partial charge in [0.2, 0.25) is 0 Å². The van der Waals surface area contributed by atoms with Crippen LogP contribution in [0.4, 0.5) is 0 Å². The number of carboxylic acids is 1. The summed E-state index contributed by atoms with van der Waals surface area (Å²) in [5.41, 5.74) is 5.90. The van der Waals surface area contributed by atoms with E-state index in [1.54, 1.807) is 11.6 Å². The van der Waals surface area contributed by atoms with Crippen molar-refractivity contribution < 1.29 is 9.90 Å². The van der Waals surface area contributed by atoms with Crippen LogP contribution in [0.5, 0.6) is 0 Å². The Labute approximate surface area is 191 Å². The zero-order valence-electron chi connectivity index (χ0n) is 19.2. The van der Waals surface area contributed by atoms with Gasteiger partial charge in [-0.05, 0) is 66.7 Å². The lowest BCUT2D eigenvalue weighted by atomic mass is 9.60. The summed E-state index contributed by atoms with van der Waals surface area (Å²) in [7, 11) is 0. The lowest BCUT2D eigenvalue weighted by Gasteiger charge is -2.59.